The number of nitrogens with one attached hydrogen (secondary N) is 2. The monoisotopic (exact) mass is 704 g/mol. The molecule has 2 aliphatic carbocycles. The third-order valence-electron chi connectivity index (χ3n) is 11.1. The lowest BCUT2D eigenvalue weighted by Crippen LogP contribution is -2.40. The number of aromatic amines is 1. The Balaban J connectivity index is 1.14. The number of benzene rings is 2. The van der Waals surface area contributed by atoms with Crippen molar-refractivity contribution in [3.05, 3.63) is 111 Å². The van der Waals surface area contributed by atoms with E-state index < -0.39 is 11.3 Å². The van der Waals surface area contributed by atoms with Crippen molar-refractivity contribution in [3.63, 3.8) is 0 Å². The zero-order valence-corrected chi connectivity index (χ0v) is 28.2. The molecule has 13 heteroatoms. The molecule has 1 amide bonds. The number of nitrogens with zero attached hydrogens (tertiary/aromatic N) is 4. The average molecular weight is 705 g/mol. The van der Waals surface area contributed by atoms with Gasteiger partial charge in [0.1, 0.15) is 11.6 Å². The van der Waals surface area contributed by atoms with Crippen molar-refractivity contribution in [1.29, 1.82) is 0 Å². The fourth-order valence-corrected chi connectivity index (χ4v) is 9.99. The summed E-state index contributed by atoms with van der Waals surface area (Å²) >= 11 is 1.52. The minimum Gasteiger partial charge on any atom is -0.493 e. The Hall–Kier alpha value is -5.43. The molecule has 10 nitrogen and oxygen atoms in total. The summed E-state index contributed by atoms with van der Waals surface area (Å²) in [7, 11) is 1.49. The molecule has 1 saturated carbocycles. The highest BCUT2D eigenvalue weighted by Gasteiger charge is 2.65. The second kappa shape index (κ2) is 11.0. The van der Waals surface area contributed by atoms with Gasteiger partial charge in [-0.05, 0) is 85.9 Å². The number of hydrogen-bond donors (Lipinski definition) is 2. The van der Waals surface area contributed by atoms with Gasteiger partial charge in [-0.2, -0.15) is 0 Å². The van der Waals surface area contributed by atoms with Crippen LogP contribution in [0.4, 0.5) is 14.6 Å². The van der Waals surface area contributed by atoms with E-state index in [9.17, 15) is 18.4 Å². The van der Waals surface area contributed by atoms with Crippen molar-refractivity contribution < 1.29 is 22.7 Å². The van der Waals surface area contributed by atoms with Gasteiger partial charge in [0.25, 0.3) is 11.8 Å². The van der Waals surface area contributed by atoms with Gasteiger partial charge in [-0.1, -0.05) is 18.2 Å². The van der Waals surface area contributed by atoms with Gasteiger partial charge in [-0.3, -0.25) is 9.78 Å². The van der Waals surface area contributed by atoms with Crippen LogP contribution in [0.2, 0.25) is 0 Å². The van der Waals surface area contributed by atoms with E-state index in [1.807, 2.05) is 17.0 Å². The molecule has 51 heavy (non-hydrogen) atoms. The quantitative estimate of drug-likeness (QED) is 0.175. The van der Waals surface area contributed by atoms with Crippen molar-refractivity contribution in [2.45, 2.75) is 50.1 Å². The zero-order valence-electron chi connectivity index (χ0n) is 27.4. The van der Waals surface area contributed by atoms with Gasteiger partial charge >= 0.3 is 5.76 Å². The van der Waals surface area contributed by atoms with Gasteiger partial charge in [0.15, 0.2) is 11.6 Å². The molecule has 1 atom stereocenters. The number of ether oxygens (including phenoxy) is 1. The lowest BCUT2D eigenvalue weighted by atomic mass is 9.71. The lowest BCUT2D eigenvalue weighted by molar-refractivity contribution is 0.0637. The van der Waals surface area contributed by atoms with Crippen molar-refractivity contribution >= 4 is 33.1 Å². The summed E-state index contributed by atoms with van der Waals surface area (Å²) < 4.78 is 40.2. The van der Waals surface area contributed by atoms with Crippen LogP contribution in [0.15, 0.2) is 63.9 Å². The standard InChI is InChI=1S/C38H30F2N6O4S/c1-49-32-22-8-11-25(21(22)7-9-24(32)40)43-34-23-14-28(51-27(23)12-13-41-34)30-29(35-44-45-37(48)50-35)26(10-4-18-2-5-20(39)6-3-18)42-33-31(30)36(47)46-17-19-15-38(33,46)16-19/h2-3,5-7,9,12-14,19,25H,4,8,10-11,15-17H2,1H3,(H,41,43)(H,45,48)/t19?,25-,38?/m0/s1. The molecule has 5 aliphatic rings. The molecule has 0 radical (unpaired) electrons. The van der Waals surface area contributed by atoms with Gasteiger partial charge < -0.3 is 19.4 Å². The number of anilines is 1. The summed E-state index contributed by atoms with van der Waals surface area (Å²) in [5.41, 5.74) is 5.38. The van der Waals surface area contributed by atoms with Gasteiger partial charge in [-0.25, -0.2) is 23.7 Å². The average Bonchev–Trinajstić information content (AvgIpc) is 3.96. The van der Waals surface area contributed by atoms with Crippen LogP contribution >= 0.6 is 11.3 Å². The number of pyridine rings is 2. The maximum atomic E-state index is 14.5. The molecule has 2 bridgehead atoms. The molecular formula is C38H30F2N6O4S. The Morgan fingerprint density at radius 2 is 1.92 bits per heavy atom. The van der Waals surface area contributed by atoms with E-state index in [4.69, 9.17) is 19.1 Å². The van der Waals surface area contributed by atoms with Gasteiger partial charge in [0, 0.05) is 38.8 Å². The maximum Gasteiger partial charge on any atom is 0.434 e. The number of aromatic nitrogens is 4. The Labute approximate surface area is 293 Å². The predicted molar refractivity (Wildman–Crippen MR) is 186 cm³/mol. The summed E-state index contributed by atoms with van der Waals surface area (Å²) in [6.45, 7) is 0.689. The van der Waals surface area contributed by atoms with E-state index >= 15 is 0 Å². The normalized spacial score (nSPS) is 21.2. The Bertz CT molecular complexity index is 2490. The van der Waals surface area contributed by atoms with Gasteiger partial charge in [0.2, 0.25) is 0 Å². The zero-order chi connectivity index (χ0) is 34.6. The first-order valence-corrected chi connectivity index (χ1v) is 17.8. The van der Waals surface area contributed by atoms with Crippen LogP contribution in [-0.4, -0.2) is 44.6 Å². The molecule has 4 aromatic heterocycles. The third-order valence-corrected chi connectivity index (χ3v) is 12.2. The van der Waals surface area contributed by atoms with Crippen LogP contribution in [0.5, 0.6) is 5.75 Å². The van der Waals surface area contributed by atoms with Crippen LogP contribution in [0, 0.1) is 17.6 Å². The van der Waals surface area contributed by atoms with E-state index in [0.29, 0.717) is 59.9 Å². The van der Waals surface area contributed by atoms with E-state index in [0.717, 1.165) is 56.6 Å². The maximum absolute atomic E-state index is 14.5. The van der Waals surface area contributed by atoms with Crippen molar-refractivity contribution in [2.75, 3.05) is 19.0 Å². The highest BCUT2D eigenvalue weighted by Crippen LogP contribution is 2.63. The third kappa shape index (κ3) is 4.46. The molecule has 7 heterocycles. The predicted octanol–water partition coefficient (Wildman–Crippen LogP) is 6.95. The van der Waals surface area contributed by atoms with Crippen LogP contribution in [-0.2, 0) is 24.8 Å². The minimum absolute atomic E-state index is 0.0564. The van der Waals surface area contributed by atoms with Crippen molar-refractivity contribution in [3.8, 4) is 27.6 Å². The Morgan fingerprint density at radius 3 is 2.71 bits per heavy atom. The molecule has 256 valence electrons. The first-order valence-electron chi connectivity index (χ1n) is 17.0. The Morgan fingerprint density at radius 1 is 1.08 bits per heavy atom. The van der Waals surface area contributed by atoms with Gasteiger partial charge in [-0.15, -0.1) is 16.4 Å². The number of thiophene rings is 1. The number of methoxy groups -OCH3 is 1. The molecule has 2 aromatic carbocycles. The second-order valence-electron chi connectivity index (χ2n) is 13.9. The summed E-state index contributed by atoms with van der Waals surface area (Å²) in [5, 5.41) is 11.1. The number of rotatable bonds is 8. The van der Waals surface area contributed by atoms with Crippen LogP contribution in [0.25, 0.3) is 32.0 Å². The second-order valence-corrected chi connectivity index (χ2v) is 14.9. The molecule has 0 unspecified atom stereocenters. The number of aryl methyl sites for hydroxylation is 2. The van der Waals surface area contributed by atoms with Crippen LogP contribution in [0.3, 0.4) is 0 Å². The summed E-state index contributed by atoms with van der Waals surface area (Å²) in [4.78, 5) is 39.5. The van der Waals surface area contributed by atoms with E-state index in [2.05, 4.69) is 15.5 Å². The number of amides is 1. The highest BCUT2D eigenvalue weighted by atomic mass is 32.1. The SMILES string of the molecule is COc1c(F)ccc2c1CC[C@@H]2Nc1nccc2sc(-c3c4c(nc(CCc5ccc(F)cc5)c3-c3n[nH]c(=O)o3)C35CC(CN3C4=O)C5)cc12. The summed E-state index contributed by atoms with van der Waals surface area (Å²) in [6.07, 6.45) is 5.89. The molecule has 2 saturated heterocycles. The number of halogens is 2. The molecular weight excluding hydrogens is 675 g/mol. The molecule has 6 aromatic rings. The number of fused-ring (bicyclic) bond motifs is 3. The molecule has 3 fully saturated rings. The van der Waals surface area contributed by atoms with Gasteiger partial charge in [0.05, 0.1) is 41.2 Å². The molecule has 2 N–H and O–H groups in total. The summed E-state index contributed by atoms with van der Waals surface area (Å²) in [6, 6.07) is 13.5. The number of H-pyrrole nitrogens is 1. The minimum atomic E-state index is -0.714. The van der Waals surface area contributed by atoms with Crippen LogP contribution < -0.4 is 15.8 Å². The van der Waals surface area contributed by atoms with E-state index in [-0.39, 0.29) is 35.2 Å². The smallest absolute Gasteiger partial charge is 0.434 e. The summed E-state index contributed by atoms with van der Waals surface area (Å²) in [5.74, 6) is -0.0181. The van der Waals surface area contributed by atoms with Crippen molar-refractivity contribution in [1.82, 2.24) is 25.1 Å². The number of hydrogen-bond acceptors (Lipinski definition) is 9. The largest absolute Gasteiger partial charge is 0.493 e. The fourth-order valence-electron chi connectivity index (χ4n) is 8.88. The van der Waals surface area contributed by atoms with Crippen molar-refractivity contribution in [2.24, 2.45) is 5.92 Å². The number of carbonyl (C=O) groups is 1. The molecule has 1 spiro atoms. The topological polar surface area (TPSA) is 126 Å². The first kappa shape index (κ1) is 30.4. The van der Waals surface area contributed by atoms with Crippen LogP contribution in [0.1, 0.15) is 63.7 Å². The molecule has 3 aliphatic heterocycles. The first-order chi connectivity index (χ1) is 24.8. The fraction of sp³-hybridized carbons (Fsp3) is 0.289. The Kier molecular flexibility index (Phi) is 6.58. The number of carbonyl (C=O) groups excluding carboxylic acids is 1. The molecule has 11 rings (SSSR count). The van der Waals surface area contributed by atoms with E-state index in [1.165, 1.54) is 36.6 Å². The lowest BCUT2D eigenvalue weighted by Gasteiger charge is -2.37. The highest BCUT2D eigenvalue weighted by molar-refractivity contribution is 7.22. The van der Waals surface area contributed by atoms with E-state index in [1.54, 1.807) is 24.4 Å².